The Morgan fingerprint density at radius 3 is 1.72 bits per heavy atom. The Morgan fingerprint density at radius 2 is 1.24 bits per heavy atom. The first-order chi connectivity index (χ1) is 11.9. The number of hydrogen-bond donors (Lipinski definition) is 2. The van der Waals surface area contributed by atoms with Gasteiger partial charge in [0.2, 0.25) is 0 Å². The Kier molecular flexibility index (Phi) is 3.81. The molecule has 1 aliphatic carbocycles. The van der Waals surface area contributed by atoms with Gasteiger partial charge in [-0.2, -0.15) is 0 Å². The molecular formula is C19H32N2O4. The summed E-state index contributed by atoms with van der Waals surface area (Å²) in [5.74, 6) is 0.235. The highest BCUT2D eigenvalue weighted by Gasteiger charge is 2.64. The summed E-state index contributed by atoms with van der Waals surface area (Å²) in [6.45, 7) is 5.95. The normalized spacial score (nSPS) is 52.7. The zero-order chi connectivity index (χ0) is 17.3. The molecule has 0 spiro atoms. The minimum Gasteiger partial charge on any atom is -0.373 e. The number of ether oxygens (including phenoxy) is 4. The van der Waals surface area contributed by atoms with Gasteiger partial charge in [-0.05, 0) is 55.3 Å². The summed E-state index contributed by atoms with van der Waals surface area (Å²) in [6.07, 6.45) is 7.53. The smallest absolute Gasteiger partial charge is 0.0815 e. The molecule has 4 aliphatic heterocycles. The summed E-state index contributed by atoms with van der Waals surface area (Å²) >= 11 is 0. The summed E-state index contributed by atoms with van der Waals surface area (Å²) in [7, 11) is 0. The molecule has 0 bridgehead atoms. The Bertz CT molecular complexity index is 512. The van der Waals surface area contributed by atoms with Crippen LogP contribution in [-0.4, -0.2) is 56.5 Å². The number of epoxide rings is 4. The fourth-order valence-electron chi connectivity index (χ4n) is 5.80. The van der Waals surface area contributed by atoms with E-state index < -0.39 is 5.66 Å². The van der Waals surface area contributed by atoms with Gasteiger partial charge in [0.05, 0.1) is 56.5 Å². The molecule has 0 radical (unpaired) electrons. The second-order valence-electron chi connectivity index (χ2n) is 9.55. The van der Waals surface area contributed by atoms with Gasteiger partial charge in [-0.1, -0.05) is 6.92 Å². The second kappa shape index (κ2) is 5.63. The predicted molar refractivity (Wildman–Crippen MR) is 91.8 cm³/mol. The van der Waals surface area contributed by atoms with Crippen LogP contribution in [0.25, 0.3) is 0 Å². The third-order valence-electron chi connectivity index (χ3n) is 7.60. The fraction of sp³-hybridized carbons (Fsp3) is 1.00. The van der Waals surface area contributed by atoms with E-state index in [1.54, 1.807) is 0 Å². The van der Waals surface area contributed by atoms with E-state index in [1.807, 2.05) is 0 Å². The molecule has 1 saturated carbocycles. The van der Waals surface area contributed by atoms with E-state index in [0.29, 0.717) is 24.4 Å². The van der Waals surface area contributed by atoms with Gasteiger partial charge < -0.3 is 30.4 Å². The molecule has 6 heteroatoms. The van der Waals surface area contributed by atoms with Gasteiger partial charge in [0.1, 0.15) is 0 Å². The molecule has 4 heterocycles. The second-order valence-corrected chi connectivity index (χ2v) is 9.55. The molecule has 25 heavy (non-hydrogen) atoms. The van der Waals surface area contributed by atoms with Crippen LogP contribution < -0.4 is 11.5 Å². The molecule has 0 aromatic carbocycles. The monoisotopic (exact) mass is 352 g/mol. The van der Waals surface area contributed by atoms with Gasteiger partial charge in [-0.15, -0.1) is 0 Å². The minimum atomic E-state index is -0.639. The van der Waals surface area contributed by atoms with E-state index in [-0.39, 0.29) is 16.7 Å². The lowest BCUT2D eigenvalue weighted by Gasteiger charge is -2.62. The molecular weight excluding hydrogens is 320 g/mol. The van der Waals surface area contributed by atoms with Crippen molar-refractivity contribution in [2.75, 3.05) is 26.4 Å². The highest BCUT2D eigenvalue weighted by atomic mass is 16.6. The topological polar surface area (TPSA) is 102 Å². The lowest BCUT2D eigenvalue weighted by Crippen LogP contribution is -2.68. The van der Waals surface area contributed by atoms with Crippen LogP contribution in [0.15, 0.2) is 0 Å². The predicted octanol–water partition coefficient (Wildman–Crippen LogP) is 1.16. The molecule has 6 nitrogen and oxygen atoms in total. The van der Waals surface area contributed by atoms with Gasteiger partial charge in [0.25, 0.3) is 0 Å². The molecule has 0 amide bonds. The number of hydrogen-bond acceptors (Lipinski definition) is 6. The van der Waals surface area contributed by atoms with Gasteiger partial charge in [0.15, 0.2) is 0 Å². The van der Waals surface area contributed by atoms with Crippen molar-refractivity contribution < 1.29 is 18.9 Å². The van der Waals surface area contributed by atoms with Gasteiger partial charge in [0, 0.05) is 0 Å². The largest absolute Gasteiger partial charge is 0.373 e. The first-order valence-electron chi connectivity index (χ1n) is 9.94. The molecule has 6 atom stereocenters. The Morgan fingerprint density at radius 1 is 0.760 bits per heavy atom. The third kappa shape index (κ3) is 3.26. The number of rotatable bonds is 8. The van der Waals surface area contributed by atoms with Crippen molar-refractivity contribution in [3.8, 4) is 0 Å². The minimum absolute atomic E-state index is 0.0367. The van der Waals surface area contributed by atoms with Crippen LogP contribution in [0.3, 0.4) is 0 Å². The maximum atomic E-state index is 6.74. The van der Waals surface area contributed by atoms with Crippen molar-refractivity contribution in [3.63, 3.8) is 0 Å². The quantitative estimate of drug-likeness (QED) is 0.502. The standard InChI is InChI=1S/C19H32N2O4/c1-17(5-13-9-23-13)2-3-19(20,21)16(4-12-8-22-12)18(17,6-14-10-24-14)7-15-11-25-15/h12-16H,2-11,20-21H2,1H3. The Hall–Kier alpha value is -0.240. The average molecular weight is 352 g/mol. The molecule has 0 aromatic rings. The lowest BCUT2D eigenvalue weighted by molar-refractivity contribution is -0.124. The van der Waals surface area contributed by atoms with Crippen molar-refractivity contribution >= 4 is 0 Å². The van der Waals surface area contributed by atoms with Crippen LogP contribution >= 0.6 is 0 Å². The Balaban J connectivity index is 1.53. The maximum absolute atomic E-state index is 6.74. The van der Waals surface area contributed by atoms with E-state index in [0.717, 1.165) is 65.0 Å². The van der Waals surface area contributed by atoms with Gasteiger partial charge >= 0.3 is 0 Å². The summed E-state index contributed by atoms with van der Waals surface area (Å²) in [4.78, 5) is 0. The molecule has 0 aromatic heterocycles. The van der Waals surface area contributed by atoms with E-state index >= 15 is 0 Å². The van der Waals surface area contributed by atoms with E-state index in [4.69, 9.17) is 30.4 Å². The van der Waals surface area contributed by atoms with E-state index in [9.17, 15) is 0 Å². The van der Waals surface area contributed by atoms with Crippen LogP contribution in [0.4, 0.5) is 0 Å². The van der Waals surface area contributed by atoms with Crippen LogP contribution in [0.5, 0.6) is 0 Å². The van der Waals surface area contributed by atoms with Crippen molar-refractivity contribution in [3.05, 3.63) is 0 Å². The van der Waals surface area contributed by atoms with Crippen LogP contribution in [0.1, 0.15) is 45.4 Å². The molecule has 5 aliphatic rings. The Labute approximate surface area is 149 Å². The maximum Gasteiger partial charge on any atom is 0.0815 e. The van der Waals surface area contributed by atoms with E-state index in [2.05, 4.69) is 6.92 Å². The van der Waals surface area contributed by atoms with Crippen LogP contribution in [0.2, 0.25) is 0 Å². The summed E-state index contributed by atoms with van der Waals surface area (Å²) < 4.78 is 22.7. The van der Waals surface area contributed by atoms with Crippen molar-refractivity contribution in [1.29, 1.82) is 0 Å². The van der Waals surface area contributed by atoms with Crippen LogP contribution in [-0.2, 0) is 18.9 Å². The highest BCUT2D eigenvalue weighted by Crippen LogP contribution is 2.65. The first-order valence-corrected chi connectivity index (χ1v) is 9.94. The molecule has 6 unspecified atom stereocenters. The van der Waals surface area contributed by atoms with Crippen LogP contribution in [0, 0.1) is 16.7 Å². The summed E-state index contributed by atoms with van der Waals surface area (Å²) in [5, 5.41) is 0. The molecule has 5 fully saturated rings. The average Bonchev–Trinajstić information content (AvgIpc) is 3.39. The van der Waals surface area contributed by atoms with Crippen molar-refractivity contribution in [2.45, 2.75) is 75.5 Å². The molecule has 4 N–H and O–H groups in total. The zero-order valence-electron chi connectivity index (χ0n) is 15.2. The van der Waals surface area contributed by atoms with Gasteiger partial charge in [-0.25, -0.2) is 0 Å². The van der Waals surface area contributed by atoms with E-state index in [1.165, 1.54) is 0 Å². The first kappa shape index (κ1) is 16.9. The van der Waals surface area contributed by atoms with Gasteiger partial charge in [-0.3, -0.25) is 0 Å². The highest BCUT2D eigenvalue weighted by molar-refractivity contribution is 5.14. The van der Waals surface area contributed by atoms with Crippen molar-refractivity contribution in [1.82, 2.24) is 0 Å². The molecule has 5 rings (SSSR count). The summed E-state index contributed by atoms with van der Waals surface area (Å²) in [5.41, 5.74) is 13.0. The SMILES string of the molecule is CC1(CC2CO2)CCC(N)(N)C(CC2CO2)C1(CC1CO1)CC1CO1. The fourth-order valence-corrected chi connectivity index (χ4v) is 5.80. The number of nitrogens with two attached hydrogens (primary N) is 2. The third-order valence-corrected chi connectivity index (χ3v) is 7.60. The van der Waals surface area contributed by atoms with Crippen molar-refractivity contribution in [2.24, 2.45) is 28.2 Å². The molecule has 4 saturated heterocycles. The summed E-state index contributed by atoms with van der Waals surface area (Å²) in [6, 6.07) is 0. The molecule has 142 valence electrons. The lowest BCUT2D eigenvalue weighted by atomic mass is 9.44. The zero-order valence-corrected chi connectivity index (χ0v) is 15.2.